The zero-order valence-corrected chi connectivity index (χ0v) is 33.0. The van der Waals surface area contributed by atoms with Crippen LogP contribution in [0.1, 0.15) is 85.3 Å². The summed E-state index contributed by atoms with van der Waals surface area (Å²) in [6.45, 7) is 4.71. The van der Waals surface area contributed by atoms with Crippen LogP contribution in [-0.2, 0) is 43.8 Å². The minimum absolute atomic E-state index is 0.260. The summed E-state index contributed by atoms with van der Waals surface area (Å²) in [6, 6.07) is 42.6. The van der Waals surface area contributed by atoms with Crippen molar-refractivity contribution >= 4 is 11.8 Å². The van der Waals surface area contributed by atoms with Gasteiger partial charge >= 0.3 is 6.09 Å². The average Bonchev–Trinajstić information content (AvgIpc) is 3.24. The van der Waals surface area contributed by atoms with Gasteiger partial charge < -0.3 is 30.6 Å². The van der Waals surface area contributed by atoms with Crippen LogP contribution in [0.3, 0.4) is 0 Å². The van der Waals surface area contributed by atoms with Crippen molar-refractivity contribution in [1.82, 2.24) is 4.90 Å². The highest BCUT2D eigenvalue weighted by Crippen LogP contribution is 2.43. The van der Waals surface area contributed by atoms with Crippen molar-refractivity contribution in [3.8, 4) is 11.5 Å². The predicted octanol–water partition coefficient (Wildman–Crippen LogP) is 10.5. The van der Waals surface area contributed by atoms with E-state index >= 15 is 0 Å². The summed E-state index contributed by atoms with van der Waals surface area (Å²) in [5.74, 6) is 2.03. The number of ether oxygens (including phenoxy) is 3. The molecule has 1 aliphatic carbocycles. The Hall–Kier alpha value is -5.27. The highest BCUT2D eigenvalue weighted by molar-refractivity contribution is 5.67. The third-order valence-electron chi connectivity index (χ3n) is 11.2. The third-order valence-corrected chi connectivity index (χ3v) is 11.2. The molecule has 5 aromatic rings. The normalized spacial score (nSPS) is 14.6. The number of carbonyl (C=O) groups excluding carboxylic acids is 1. The number of rotatable bonds is 20. The number of hydrogen-bond donors (Lipinski definition) is 2. The first-order valence-electron chi connectivity index (χ1n) is 20.5. The molecule has 2 atom stereocenters. The molecule has 0 saturated heterocycles. The van der Waals surface area contributed by atoms with E-state index in [1.54, 1.807) is 0 Å². The van der Waals surface area contributed by atoms with Crippen LogP contribution in [0.5, 0.6) is 11.5 Å². The van der Waals surface area contributed by atoms with Gasteiger partial charge in [0, 0.05) is 29.9 Å². The molecule has 1 aliphatic rings. The van der Waals surface area contributed by atoms with Crippen LogP contribution < -0.4 is 20.9 Å². The molecule has 1 amide bonds. The molecule has 0 heterocycles. The maximum Gasteiger partial charge on any atom is 0.410 e. The Morgan fingerprint density at radius 1 is 0.696 bits per heavy atom. The van der Waals surface area contributed by atoms with Gasteiger partial charge in [-0.05, 0) is 96.9 Å². The first-order chi connectivity index (χ1) is 27.4. The topological polar surface area (TPSA) is 100 Å². The van der Waals surface area contributed by atoms with Crippen molar-refractivity contribution in [3.63, 3.8) is 0 Å². The molecule has 7 nitrogen and oxygen atoms in total. The van der Waals surface area contributed by atoms with E-state index in [1.807, 2.05) is 95.9 Å². The monoisotopic (exact) mass is 753 g/mol. The Kier molecular flexibility index (Phi) is 14.9. The fraction of sp³-hybridized carbons (Fsp3) is 0.367. The molecule has 5 aromatic carbocycles. The van der Waals surface area contributed by atoms with Crippen LogP contribution in [-0.4, -0.2) is 29.6 Å². The van der Waals surface area contributed by atoms with Crippen molar-refractivity contribution in [3.05, 3.63) is 161 Å². The number of nitrogen functional groups attached to an aromatic ring is 1. The second-order valence-corrected chi connectivity index (χ2v) is 15.3. The fourth-order valence-corrected chi connectivity index (χ4v) is 8.01. The van der Waals surface area contributed by atoms with Crippen LogP contribution in [0.2, 0.25) is 0 Å². The molecular formula is C49H59N3O4. The van der Waals surface area contributed by atoms with Crippen molar-refractivity contribution in [2.24, 2.45) is 11.7 Å². The number of fused-ring (bicyclic) bond motifs is 1. The lowest BCUT2D eigenvalue weighted by molar-refractivity contribution is 0.0956. The largest absolute Gasteiger partial charge is 0.485 e. The highest BCUT2D eigenvalue weighted by atomic mass is 16.6. The standard InChI is InChI=1S/C49H59N3O4/c1-2-30-49(51,31-13-6-14-32-52(33-29-38-21-25-44(50)26-22-38)48(53)56-37-41-19-11-5-12-20-41)43-24-27-45-42(34-43)23-28-46(54-35-39-15-7-3-8-16-39)47(45)55-36-40-17-9-4-10-18-40/h3-5,7-12,15-23,25-26,28,43H,2,6,13-14,24,27,29-37,50-51H2,1H3/t43?,49-/m0/s1. The lowest BCUT2D eigenvalue weighted by Crippen LogP contribution is -2.49. The summed E-state index contributed by atoms with van der Waals surface area (Å²) in [7, 11) is 0. The van der Waals surface area contributed by atoms with E-state index in [1.165, 1.54) is 11.1 Å². The molecule has 0 bridgehead atoms. The van der Waals surface area contributed by atoms with Gasteiger partial charge in [-0.25, -0.2) is 4.79 Å². The van der Waals surface area contributed by atoms with Crippen molar-refractivity contribution in [2.45, 2.75) is 96.5 Å². The molecule has 56 heavy (non-hydrogen) atoms. The summed E-state index contributed by atoms with van der Waals surface area (Å²) in [4.78, 5) is 15.2. The molecule has 0 aromatic heterocycles. The quantitative estimate of drug-likeness (QED) is 0.0606. The molecule has 0 spiro atoms. The predicted molar refractivity (Wildman–Crippen MR) is 227 cm³/mol. The molecule has 6 rings (SSSR count). The van der Waals surface area contributed by atoms with E-state index in [4.69, 9.17) is 25.7 Å². The zero-order chi connectivity index (χ0) is 39.0. The number of benzene rings is 5. The van der Waals surface area contributed by atoms with E-state index in [0.717, 1.165) is 104 Å². The molecule has 1 unspecified atom stereocenters. The minimum atomic E-state index is -0.273. The van der Waals surface area contributed by atoms with Gasteiger partial charge in [-0.1, -0.05) is 135 Å². The Morgan fingerprint density at radius 2 is 1.32 bits per heavy atom. The van der Waals surface area contributed by atoms with E-state index in [9.17, 15) is 4.79 Å². The van der Waals surface area contributed by atoms with Crippen molar-refractivity contribution < 1.29 is 19.0 Å². The highest BCUT2D eigenvalue weighted by Gasteiger charge is 2.37. The maximum absolute atomic E-state index is 13.3. The average molecular weight is 754 g/mol. The molecule has 0 saturated carbocycles. The molecule has 294 valence electrons. The van der Waals surface area contributed by atoms with Crippen molar-refractivity contribution in [2.75, 3.05) is 18.8 Å². The lowest BCUT2D eigenvalue weighted by atomic mass is 9.69. The van der Waals surface area contributed by atoms with Gasteiger partial charge in [0.1, 0.15) is 19.8 Å². The summed E-state index contributed by atoms with van der Waals surface area (Å²) < 4.78 is 18.8. The Morgan fingerprint density at radius 3 is 1.96 bits per heavy atom. The molecule has 4 N–H and O–H groups in total. The Labute approximate surface area is 334 Å². The molecule has 7 heteroatoms. The number of nitrogens with two attached hydrogens (primary N) is 2. The van der Waals surface area contributed by atoms with E-state index in [0.29, 0.717) is 32.2 Å². The first-order valence-corrected chi connectivity index (χ1v) is 20.5. The number of unbranched alkanes of at least 4 members (excludes halogenated alkanes) is 2. The fourth-order valence-electron chi connectivity index (χ4n) is 8.01. The third kappa shape index (κ3) is 11.6. The molecular weight excluding hydrogens is 695 g/mol. The number of amides is 1. The van der Waals surface area contributed by atoms with Gasteiger partial charge in [0.25, 0.3) is 0 Å². The van der Waals surface area contributed by atoms with Crippen molar-refractivity contribution in [1.29, 1.82) is 0 Å². The van der Waals surface area contributed by atoms with Gasteiger partial charge in [-0.3, -0.25) is 0 Å². The molecule has 0 aliphatic heterocycles. The number of anilines is 1. The van der Waals surface area contributed by atoms with Gasteiger partial charge in [0.2, 0.25) is 0 Å². The summed E-state index contributed by atoms with van der Waals surface area (Å²) in [6.07, 6.45) is 9.22. The summed E-state index contributed by atoms with van der Waals surface area (Å²) in [5.41, 5.74) is 20.7. The smallest absolute Gasteiger partial charge is 0.410 e. The van der Waals surface area contributed by atoms with Gasteiger partial charge in [-0.2, -0.15) is 0 Å². The Bertz CT molecular complexity index is 1920. The first kappa shape index (κ1) is 40.4. The SMILES string of the molecule is CCC[C@](N)(CCCCCN(CCc1ccc(N)cc1)C(=O)OCc1ccccc1)C1CCc2c(ccc(OCc3ccccc3)c2OCc2ccccc2)C1. The second-order valence-electron chi connectivity index (χ2n) is 15.3. The van der Waals surface area contributed by atoms with Crippen LogP contribution in [0.25, 0.3) is 0 Å². The summed E-state index contributed by atoms with van der Waals surface area (Å²) in [5, 5.41) is 0. The van der Waals surface area contributed by atoms with Crippen LogP contribution in [0.4, 0.5) is 10.5 Å². The number of hydrogen-bond acceptors (Lipinski definition) is 6. The van der Waals surface area contributed by atoms with Crippen LogP contribution in [0.15, 0.2) is 127 Å². The van der Waals surface area contributed by atoms with Gasteiger partial charge in [-0.15, -0.1) is 0 Å². The zero-order valence-electron chi connectivity index (χ0n) is 33.0. The van der Waals surface area contributed by atoms with Crippen LogP contribution >= 0.6 is 0 Å². The van der Waals surface area contributed by atoms with E-state index < -0.39 is 0 Å². The van der Waals surface area contributed by atoms with Crippen LogP contribution in [0, 0.1) is 5.92 Å². The molecule has 0 radical (unpaired) electrons. The van der Waals surface area contributed by atoms with Gasteiger partial charge in [0.15, 0.2) is 11.5 Å². The minimum Gasteiger partial charge on any atom is -0.485 e. The summed E-state index contributed by atoms with van der Waals surface area (Å²) >= 11 is 0. The maximum atomic E-state index is 13.3. The van der Waals surface area contributed by atoms with Gasteiger partial charge in [0.05, 0.1) is 0 Å². The Balaban J connectivity index is 1.07. The number of nitrogens with zero attached hydrogens (tertiary/aromatic N) is 1. The van der Waals surface area contributed by atoms with E-state index in [2.05, 4.69) is 43.3 Å². The molecule has 0 fully saturated rings. The second kappa shape index (κ2) is 20.6. The van der Waals surface area contributed by atoms with E-state index in [-0.39, 0.29) is 18.2 Å². The number of carbonyl (C=O) groups is 1. The lowest BCUT2D eigenvalue weighted by Gasteiger charge is -2.41.